The minimum atomic E-state index is -1.14. The van der Waals surface area contributed by atoms with E-state index in [-0.39, 0.29) is 36.2 Å². The molecule has 2 aromatic rings. The molecule has 1 saturated carbocycles. The monoisotopic (exact) mass is 641 g/mol. The number of rotatable bonds is 3. The number of H-pyrrole nitrogens is 1. The average Bonchev–Trinajstić information content (AvgIpc) is 3.62. The number of β-amino-alcohol motifs (C(OH)–C–C–N with tert-alkyl or cyclic N) is 1. The molecule has 1 aromatic carbocycles. The first-order chi connectivity index (χ1) is 21.6. The summed E-state index contributed by atoms with van der Waals surface area (Å²) in [6.45, 7) is 6.33. The third-order valence-corrected chi connectivity index (χ3v) is 10.6. The zero-order valence-corrected chi connectivity index (χ0v) is 27.0. The number of likely N-dealkylation sites (tertiary alicyclic amines) is 1. The summed E-state index contributed by atoms with van der Waals surface area (Å²) in [4.78, 5) is 18.9. The van der Waals surface area contributed by atoms with Gasteiger partial charge in [0.15, 0.2) is 5.83 Å². The smallest absolute Gasteiger partial charge is 0.314 e. The Balaban J connectivity index is 1.32. The van der Waals surface area contributed by atoms with Gasteiger partial charge in [-0.05, 0) is 64.8 Å². The van der Waals surface area contributed by atoms with Crippen LogP contribution in [0.25, 0.3) is 16.6 Å². The molecule has 13 heteroatoms. The van der Waals surface area contributed by atoms with Crippen LogP contribution in [0.2, 0.25) is 5.02 Å². The largest absolute Gasteiger partial charge is 0.483 e. The third kappa shape index (κ3) is 5.33. The van der Waals surface area contributed by atoms with Crippen molar-refractivity contribution in [2.45, 2.75) is 63.6 Å². The number of hydrogen-bond donors (Lipinski definition) is 2. The quantitative estimate of drug-likeness (QED) is 0.512. The van der Waals surface area contributed by atoms with Gasteiger partial charge in [-0.1, -0.05) is 18.0 Å². The van der Waals surface area contributed by atoms with Crippen LogP contribution in [0.3, 0.4) is 0 Å². The summed E-state index contributed by atoms with van der Waals surface area (Å²) in [6, 6.07) is 1.30. The van der Waals surface area contributed by atoms with Crippen molar-refractivity contribution in [2.75, 3.05) is 53.6 Å². The summed E-state index contributed by atoms with van der Waals surface area (Å²) in [5, 5.41) is 19.3. The summed E-state index contributed by atoms with van der Waals surface area (Å²) in [5.41, 5.74) is 0.840. The lowest BCUT2D eigenvalue weighted by molar-refractivity contribution is -0.0182. The fraction of sp³-hybridized carbons (Fsp3) is 0.625. The highest BCUT2D eigenvalue weighted by molar-refractivity contribution is 6.32. The maximum Gasteiger partial charge on any atom is 0.314 e. The van der Waals surface area contributed by atoms with E-state index in [9.17, 15) is 5.11 Å². The van der Waals surface area contributed by atoms with Crippen molar-refractivity contribution in [1.82, 2.24) is 20.0 Å². The van der Waals surface area contributed by atoms with Crippen LogP contribution in [-0.4, -0.2) is 114 Å². The van der Waals surface area contributed by atoms with Gasteiger partial charge in [-0.15, -0.1) is 0 Å². The number of hydrogen-bond acceptors (Lipinski definition) is 10. The van der Waals surface area contributed by atoms with E-state index in [1.54, 1.807) is 19.2 Å². The van der Waals surface area contributed by atoms with Crippen LogP contribution in [0.15, 0.2) is 33.1 Å². The highest BCUT2D eigenvalue weighted by Crippen LogP contribution is 2.48. The van der Waals surface area contributed by atoms with Gasteiger partial charge >= 0.3 is 6.02 Å². The number of aliphatic hydroxyl groups is 1. The van der Waals surface area contributed by atoms with E-state index in [4.69, 9.17) is 40.8 Å². The molecule has 3 fully saturated rings. The van der Waals surface area contributed by atoms with Crippen LogP contribution in [0.1, 0.15) is 50.2 Å². The molecule has 0 spiro atoms. The molecular formula is C32H41ClFN7O4. The number of ether oxygens (including phenoxy) is 3. The lowest BCUT2D eigenvalue weighted by Crippen LogP contribution is -2.53. The van der Waals surface area contributed by atoms with Crippen molar-refractivity contribution in [3.05, 3.63) is 34.2 Å². The van der Waals surface area contributed by atoms with Crippen LogP contribution in [-0.2, 0) is 14.2 Å². The Bertz CT molecular complexity index is 1620. The second kappa shape index (κ2) is 11.6. The molecule has 242 valence electrons. The summed E-state index contributed by atoms with van der Waals surface area (Å²) < 4.78 is 35.1. The van der Waals surface area contributed by atoms with Gasteiger partial charge in [0.2, 0.25) is 5.90 Å². The number of aliphatic imine (C=N–C) groups is 3. The van der Waals surface area contributed by atoms with Crippen LogP contribution in [0.5, 0.6) is 0 Å². The molecule has 1 aliphatic carbocycles. The summed E-state index contributed by atoms with van der Waals surface area (Å²) in [7, 11) is 3.71. The van der Waals surface area contributed by atoms with E-state index in [2.05, 4.69) is 22.1 Å². The van der Waals surface area contributed by atoms with Gasteiger partial charge < -0.3 is 29.1 Å². The summed E-state index contributed by atoms with van der Waals surface area (Å²) >= 11 is 6.60. The molecule has 0 amide bonds. The Morgan fingerprint density at radius 2 is 2.07 bits per heavy atom. The minimum absolute atomic E-state index is 0.0121. The van der Waals surface area contributed by atoms with Gasteiger partial charge in [0.25, 0.3) is 0 Å². The topological polar surface area (TPSA) is 120 Å². The second-order valence-electron chi connectivity index (χ2n) is 13.5. The highest BCUT2D eigenvalue weighted by Gasteiger charge is 2.49. The van der Waals surface area contributed by atoms with E-state index >= 15 is 4.39 Å². The van der Waals surface area contributed by atoms with Gasteiger partial charge in [-0.2, -0.15) is 10.1 Å². The average molecular weight is 642 g/mol. The number of halogens is 2. The van der Waals surface area contributed by atoms with Crippen molar-refractivity contribution >= 4 is 46.0 Å². The maximum atomic E-state index is 17.1. The van der Waals surface area contributed by atoms with E-state index < -0.39 is 23.4 Å². The van der Waals surface area contributed by atoms with E-state index in [0.29, 0.717) is 58.7 Å². The molecule has 5 heterocycles. The molecular weight excluding hydrogens is 601 g/mol. The highest BCUT2D eigenvalue weighted by atomic mass is 35.5. The van der Waals surface area contributed by atoms with Crippen molar-refractivity contribution in [2.24, 2.45) is 26.3 Å². The van der Waals surface area contributed by atoms with Crippen molar-refractivity contribution < 1.29 is 23.7 Å². The normalized spacial score (nSPS) is 32.5. The maximum absolute atomic E-state index is 17.1. The van der Waals surface area contributed by atoms with Crippen LogP contribution >= 0.6 is 11.6 Å². The fourth-order valence-electron chi connectivity index (χ4n) is 8.09. The third-order valence-electron chi connectivity index (χ3n) is 10.3. The van der Waals surface area contributed by atoms with Crippen molar-refractivity contribution in [3.63, 3.8) is 0 Å². The standard InChI is InChI=1S/C32H41ClFN7O4/c1-18-20(33)13-21-19(14-35-39-21)23(18)26-25(34)27-24(29(36-26)43-4)28(41-11-12-44-16-31(2,42)15-41)38-30(37-27)45-17-32-8-5-7-22(32)40(3)10-6-9-32/h13-14,22,24,27,42H,5-12,15-17H2,1-4H3,(H,35,39)/t22?,24?,27?,31-,32?/m0/s1. The molecule has 11 nitrogen and oxygen atoms in total. The first kappa shape index (κ1) is 30.6. The zero-order chi connectivity index (χ0) is 31.5. The molecule has 5 aliphatic rings. The molecule has 7 rings (SSSR count). The number of amidine groups is 2. The number of benzene rings is 1. The predicted octanol–water partition coefficient (Wildman–Crippen LogP) is 4.34. The van der Waals surface area contributed by atoms with E-state index in [1.807, 2.05) is 11.8 Å². The molecule has 2 saturated heterocycles. The van der Waals surface area contributed by atoms with Gasteiger partial charge in [-0.25, -0.2) is 14.4 Å². The number of aromatic amines is 1. The minimum Gasteiger partial charge on any atom is -0.483 e. The number of aromatic nitrogens is 2. The second-order valence-corrected chi connectivity index (χ2v) is 13.9. The number of piperidine rings is 1. The Hall–Kier alpha value is -3.06. The Labute approximate surface area is 267 Å². The lowest BCUT2D eigenvalue weighted by atomic mass is 9.76. The van der Waals surface area contributed by atoms with E-state index in [1.165, 1.54) is 7.11 Å². The number of nitrogens with one attached hydrogen (secondary N) is 1. The van der Waals surface area contributed by atoms with Gasteiger partial charge in [0, 0.05) is 40.5 Å². The summed E-state index contributed by atoms with van der Waals surface area (Å²) in [6.07, 6.45) is 7.22. The van der Waals surface area contributed by atoms with Crippen LogP contribution in [0, 0.1) is 18.3 Å². The SMILES string of the molecule is COC1=NC(c2c(C)c(Cl)cc3[nH]ncc23)=C(F)C2N=C(OCC34CCCC3N(C)CCC4)N=C(N3CCOC[C@@](C)(O)C3)C12. The molecule has 4 aliphatic heterocycles. The molecule has 5 atom stereocenters. The lowest BCUT2D eigenvalue weighted by Gasteiger charge is -2.45. The molecule has 0 bridgehead atoms. The zero-order valence-electron chi connectivity index (χ0n) is 26.3. The van der Waals surface area contributed by atoms with Crippen molar-refractivity contribution in [3.8, 4) is 0 Å². The summed E-state index contributed by atoms with van der Waals surface area (Å²) in [5.74, 6) is -0.544. The number of nitrogens with zero attached hydrogens (tertiary/aromatic N) is 6. The molecule has 2 N–H and O–H groups in total. The number of methoxy groups -OCH3 is 1. The van der Waals surface area contributed by atoms with Gasteiger partial charge in [0.1, 0.15) is 29.1 Å². The van der Waals surface area contributed by atoms with Crippen LogP contribution < -0.4 is 0 Å². The Morgan fingerprint density at radius 3 is 2.89 bits per heavy atom. The first-order valence-electron chi connectivity index (χ1n) is 15.8. The molecule has 45 heavy (non-hydrogen) atoms. The molecule has 1 aromatic heterocycles. The van der Waals surface area contributed by atoms with Gasteiger partial charge in [-0.3, -0.25) is 5.10 Å². The van der Waals surface area contributed by atoms with E-state index in [0.717, 1.165) is 38.6 Å². The van der Waals surface area contributed by atoms with Crippen LogP contribution in [0.4, 0.5) is 4.39 Å². The predicted molar refractivity (Wildman–Crippen MR) is 171 cm³/mol. The van der Waals surface area contributed by atoms with Gasteiger partial charge in [0.05, 0.1) is 38.6 Å². The fourth-order valence-corrected chi connectivity index (χ4v) is 8.29. The Morgan fingerprint density at radius 1 is 1.24 bits per heavy atom. The first-order valence-corrected chi connectivity index (χ1v) is 16.2. The molecule has 0 radical (unpaired) electrons. The molecule has 4 unspecified atom stereocenters. The van der Waals surface area contributed by atoms with Crippen molar-refractivity contribution in [1.29, 1.82) is 0 Å². The number of fused-ring (bicyclic) bond motifs is 3. The Kier molecular flexibility index (Phi) is 7.90.